The molecule has 0 saturated carbocycles. The van der Waals surface area contributed by atoms with Crippen LogP contribution < -0.4 is 4.90 Å². The molecule has 17 heavy (non-hydrogen) atoms. The minimum atomic E-state index is -3.43. The summed E-state index contributed by atoms with van der Waals surface area (Å²) in [5.41, 5.74) is 0.124. The Hall–Kier alpha value is -1.63. The van der Waals surface area contributed by atoms with Crippen LogP contribution >= 0.6 is 0 Å². The first-order chi connectivity index (χ1) is 7.90. The standard InChI is InChI=1S/C10H10FNO4S/c11-7-1-2-9-8(5-7)12(6-10(13)14)3-4-17(9,15)16/h1-2,5H,3-4,6H2,(H,13,14). The number of anilines is 1. The lowest BCUT2D eigenvalue weighted by Crippen LogP contribution is -2.38. The van der Waals surface area contributed by atoms with E-state index >= 15 is 0 Å². The highest BCUT2D eigenvalue weighted by Crippen LogP contribution is 2.30. The fourth-order valence-corrected chi connectivity index (χ4v) is 3.25. The van der Waals surface area contributed by atoms with Gasteiger partial charge < -0.3 is 10.0 Å². The van der Waals surface area contributed by atoms with E-state index in [1.165, 1.54) is 11.0 Å². The van der Waals surface area contributed by atoms with Crippen LogP contribution in [0.4, 0.5) is 10.1 Å². The molecule has 0 amide bonds. The van der Waals surface area contributed by atoms with Crippen LogP contribution in [0.2, 0.25) is 0 Å². The minimum absolute atomic E-state index is 0.00796. The van der Waals surface area contributed by atoms with Gasteiger partial charge in [-0.3, -0.25) is 4.79 Å². The lowest BCUT2D eigenvalue weighted by Gasteiger charge is -2.29. The van der Waals surface area contributed by atoms with E-state index in [1.54, 1.807) is 0 Å². The fraction of sp³-hybridized carbons (Fsp3) is 0.300. The summed E-state index contributed by atoms with van der Waals surface area (Å²) >= 11 is 0. The highest BCUT2D eigenvalue weighted by atomic mass is 32.2. The summed E-state index contributed by atoms with van der Waals surface area (Å²) in [6.45, 7) is -0.281. The Morgan fingerprint density at radius 2 is 2.18 bits per heavy atom. The van der Waals surface area contributed by atoms with E-state index in [-0.39, 0.29) is 29.4 Å². The maximum Gasteiger partial charge on any atom is 0.323 e. The Morgan fingerprint density at radius 1 is 1.47 bits per heavy atom. The second-order valence-corrected chi connectivity index (χ2v) is 5.82. The number of nitrogens with zero attached hydrogens (tertiary/aromatic N) is 1. The maximum atomic E-state index is 13.1. The van der Waals surface area contributed by atoms with Gasteiger partial charge in [-0.15, -0.1) is 0 Å². The maximum absolute atomic E-state index is 13.1. The molecule has 1 aromatic carbocycles. The van der Waals surface area contributed by atoms with Gasteiger partial charge in [0.05, 0.1) is 16.3 Å². The van der Waals surface area contributed by atoms with Crippen molar-refractivity contribution in [3.8, 4) is 0 Å². The average molecular weight is 259 g/mol. The highest BCUT2D eigenvalue weighted by Gasteiger charge is 2.29. The largest absolute Gasteiger partial charge is 0.480 e. The van der Waals surface area contributed by atoms with Crippen molar-refractivity contribution in [3.05, 3.63) is 24.0 Å². The van der Waals surface area contributed by atoms with Gasteiger partial charge in [-0.25, -0.2) is 12.8 Å². The van der Waals surface area contributed by atoms with E-state index in [4.69, 9.17) is 5.11 Å². The van der Waals surface area contributed by atoms with Crippen LogP contribution in [0.3, 0.4) is 0 Å². The number of halogens is 1. The van der Waals surface area contributed by atoms with Crippen LogP contribution in [0.1, 0.15) is 0 Å². The summed E-state index contributed by atoms with van der Waals surface area (Å²) < 4.78 is 36.5. The fourth-order valence-electron chi connectivity index (χ4n) is 1.79. The van der Waals surface area contributed by atoms with E-state index in [9.17, 15) is 17.6 Å². The van der Waals surface area contributed by atoms with Crippen molar-refractivity contribution in [2.24, 2.45) is 0 Å². The smallest absolute Gasteiger partial charge is 0.323 e. The molecule has 2 rings (SSSR count). The van der Waals surface area contributed by atoms with Gasteiger partial charge in [-0.05, 0) is 18.2 Å². The molecule has 0 spiro atoms. The number of rotatable bonds is 2. The SMILES string of the molecule is O=C(O)CN1CCS(=O)(=O)c2ccc(F)cc21. The van der Waals surface area contributed by atoms with Crippen molar-refractivity contribution >= 4 is 21.5 Å². The molecule has 0 atom stereocenters. The predicted molar refractivity (Wildman–Crippen MR) is 58.3 cm³/mol. The normalized spacial score (nSPS) is 17.6. The van der Waals surface area contributed by atoms with Gasteiger partial charge in [0, 0.05) is 6.54 Å². The Bertz CT molecular complexity index is 570. The topological polar surface area (TPSA) is 74.7 Å². The Morgan fingerprint density at radius 3 is 2.82 bits per heavy atom. The molecule has 0 bridgehead atoms. The third-order valence-corrected chi connectivity index (χ3v) is 4.29. The number of hydrogen-bond donors (Lipinski definition) is 1. The van der Waals surface area contributed by atoms with E-state index in [1.807, 2.05) is 0 Å². The summed E-state index contributed by atoms with van der Waals surface area (Å²) in [6.07, 6.45) is 0. The number of carboxylic acid groups (broad SMARTS) is 1. The van der Waals surface area contributed by atoms with Gasteiger partial charge in [0.15, 0.2) is 9.84 Å². The van der Waals surface area contributed by atoms with E-state index in [2.05, 4.69) is 0 Å². The van der Waals surface area contributed by atoms with Gasteiger partial charge in [0.25, 0.3) is 0 Å². The number of fused-ring (bicyclic) bond motifs is 1. The number of carbonyl (C=O) groups is 1. The third kappa shape index (κ3) is 2.23. The molecule has 7 heteroatoms. The van der Waals surface area contributed by atoms with Crippen molar-refractivity contribution in [1.82, 2.24) is 0 Å². The molecule has 0 aliphatic carbocycles. The number of benzene rings is 1. The summed E-state index contributed by atoms with van der Waals surface area (Å²) in [5, 5.41) is 8.71. The molecular formula is C10H10FNO4S. The summed E-state index contributed by atoms with van der Waals surface area (Å²) in [7, 11) is -3.43. The molecular weight excluding hydrogens is 249 g/mol. The second-order valence-electron chi connectivity index (χ2n) is 3.75. The lowest BCUT2D eigenvalue weighted by atomic mass is 10.2. The summed E-state index contributed by atoms with van der Waals surface area (Å²) in [5.74, 6) is -1.82. The van der Waals surface area contributed by atoms with Crippen LogP contribution in [0.15, 0.2) is 23.1 Å². The van der Waals surface area contributed by atoms with Crippen LogP contribution in [0.25, 0.3) is 0 Å². The zero-order valence-electron chi connectivity index (χ0n) is 8.76. The molecule has 1 aromatic rings. The molecule has 5 nitrogen and oxygen atoms in total. The number of hydrogen-bond acceptors (Lipinski definition) is 4. The Labute approximate surface area is 97.4 Å². The monoisotopic (exact) mass is 259 g/mol. The van der Waals surface area contributed by atoms with Crippen molar-refractivity contribution in [2.75, 3.05) is 23.7 Å². The number of sulfone groups is 1. The lowest BCUT2D eigenvalue weighted by molar-refractivity contribution is -0.135. The van der Waals surface area contributed by atoms with E-state index in [0.717, 1.165) is 12.1 Å². The van der Waals surface area contributed by atoms with Gasteiger partial charge >= 0.3 is 5.97 Å². The van der Waals surface area contributed by atoms with Gasteiger partial charge in [0.1, 0.15) is 12.4 Å². The second kappa shape index (κ2) is 3.99. The molecule has 1 aliphatic rings. The van der Waals surface area contributed by atoms with Gasteiger partial charge in [-0.2, -0.15) is 0 Å². The predicted octanol–water partition coefficient (Wildman–Crippen LogP) is 0.504. The van der Waals surface area contributed by atoms with Crippen LogP contribution in [0, 0.1) is 5.82 Å². The minimum Gasteiger partial charge on any atom is -0.480 e. The van der Waals surface area contributed by atoms with E-state index in [0.29, 0.717) is 0 Å². The molecule has 0 aromatic heterocycles. The highest BCUT2D eigenvalue weighted by molar-refractivity contribution is 7.91. The van der Waals surface area contributed by atoms with Crippen molar-refractivity contribution in [1.29, 1.82) is 0 Å². The average Bonchev–Trinajstić information content (AvgIpc) is 2.22. The van der Waals surface area contributed by atoms with Crippen molar-refractivity contribution < 1.29 is 22.7 Å². The molecule has 0 saturated heterocycles. The zero-order valence-corrected chi connectivity index (χ0v) is 9.58. The molecule has 1 aliphatic heterocycles. The quantitative estimate of drug-likeness (QED) is 0.783. The van der Waals surface area contributed by atoms with Crippen molar-refractivity contribution in [3.63, 3.8) is 0 Å². The van der Waals surface area contributed by atoms with Gasteiger partial charge in [0.2, 0.25) is 0 Å². The van der Waals surface area contributed by atoms with E-state index < -0.39 is 21.6 Å². The molecule has 0 radical (unpaired) electrons. The van der Waals surface area contributed by atoms with Crippen molar-refractivity contribution in [2.45, 2.75) is 4.90 Å². The molecule has 0 fully saturated rings. The molecule has 1 N–H and O–H groups in total. The summed E-state index contributed by atoms with van der Waals surface area (Å²) in [6, 6.07) is 3.28. The first kappa shape index (κ1) is 11.8. The molecule has 0 unspecified atom stereocenters. The first-order valence-corrected chi connectivity index (χ1v) is 6.54. The zero-order chi connectivity index (χ0) is 12.6. The van der Waals surface area contributed by atoms with Crippen LogP contribution in [-0.2, 0) is 14.6 Å². The first-order valence-electron chi connectivity index (χ1n) is 4.89. The molecule has 92 valence electrons. The third-order valence-electron chi connectivity index (χ3n) is 2.55. The summed E-state index contributed by atoms with van der Waals surface area (Å²) in [4.78, 5) is 12.0. The van der Waals surface area contributed by atoms with Gasteiger partial charge in [-0.1, -0.05) is 0 Å². The Kier molecular flexibility index (Phi) is 2.78. The number of carboxylic acids is 1. The van der Waals surface area contributed by atoms with Crippen LogP contribution in [-0.4, -0.2) is 38.3 Å². The van der Waals surface area contributed by atoms with Crippen LogP contribution in [0.5, 0.6) is 0 Å². The Balaban J connectivity index is 2.53. The molecule has 1 heterocycles. The number of aliphatic carboxylic acids is 1.